The summed E-state index contributed by atoms with van der Waals surface area (Å²) in [5, 5.41) is 31.3. The summed E-state index contributed by atoms with van der Waals surface area (Å²) in [7, 11) is 1.23. The number of methoxy groups -OCH3 is 1. The van der Waals surface area contributed by atoms with Crippen molar-refractivity contribution in [3.63, 3.8) is 0 Å². The fourth-order valence-corrected chi connectivity index (χ4v) is 3.88. The van der Waals surface area contributed by atoms with Crippen LogP contribution in [0.5, 0.6) is 11.9 Å². The summed E-state index contributed by atoms with van der Waals surface area (Å²) in [6.07, 6.45) is 1.43. The molecule has 1 aromatic heterocycles. The van der Waals surface area contributed by atoms with E-state index in [0.29, 0.717) is 29.8 Å². The van der Waals surface area contributed by atoms with Crippen molar-refractivity contribution in [1.29, 1.82) is 0 Å². The predicted octanol–water partition coefficient (Wildman–Crippen LogP) is 2.44. The van der Waals surface area contributed by atoms with Gasteiger partial charge in [0.15, 0.2) is 0 Å². The first kappa shape index (κ1) is 18.8. The van der Waals surface area contributed by atoms with Gasteiger partial charge in [-0.1, -0.05) is 17.7 Å². The number of carbonyl (C=O) groups is 1. The maximum absolute atomic E-state index is 12.8. The summed E-state index contributed by atoms with van der Waals surface area (Å²) in [5.74, 6) is -1.55. The Bertz CT molecular complexity index is 935. The summed E-state index contributed by atoms with van der Waals surface area (Å²) in [4.78, 5) is 30.3. The minimum atomic E-state index is -1.26. The molecule has 0 radical (unpaired) electrons. The second-order valence-electron chi connectivity index (χ2n) is 6.31. The van der Waals surface area contributed by atoms with Crippen LogP contribution in [0.1, 0.15) is 29.7 Å². The SMILES string of the molecule is COC(=O)C1(Cc2nc(O)nc(O)c2[N+](=O)[O-])CCCc2cc(Cl)ccc21. The summed E-state index contributed by atoms with van der Waals surface area (Å²) in [6, 6.07) is 4.25. The number of aromatic nitrogens is 2. The third kappa shape index (κ3) is 3.25. The van der Waals surface area contributed by atoms with Crippen LogP contribution in [0, 0.1) is 10.1 Å². The molecule has 2 N–H and O–H groups in total. The Labute approximate surface area is 158 Å². The van der Waals surface area contributed by atoms with E-state index in [2.05, 4.69) is 9.97 Å². The summed E-state index contributed by atoms with van der Waals surface area (Å²) in [5.41, 5.74) is -0.790. The van der Waals surface area contributed by atoms with Crippen molar-refractivity contribution in [2.75, 3.05) is 7.11 Å². The van der Waals surface area contributed by atoms with Crippen molar-refractivity contribution in [2.24, 2.45) is 0 Å². The molecule has 0 aliphatic heterocycles. The van der Waals surface area contributed by atoms with Crippen molar-refractivity contribution >= 4 is 23.3 Å². The number of nitro groups is 1. The number of ether oxygens (including phenoxy) is 1. The number of esters is 1. The lowest BCUT2D eigenvalue weighted by molar-refractivity contribution is -0.387. The summed E-state index contributed by atoms with van der Waals surface area (Å²) in [6.45, 7) is 0. The van der Waals surface area contributed by atoms with Gasteiger partial charge in [0.2, 0.25) is 0 Å². The molecule has 9 nitrogen and oxygen atoms in total. The van der Waals surface area contributed by atoms with Crippen LogP contribution in [-0.2, 0) is 27.8 Å². The largest absolute Gasteiger partial charge is 0.488 e. The molecule has 2 aromatic rings. The number of hydrogen-bond donors (Lipinski definition) is 2. The van der Waals surface area contributed by atoms with E-state index < -0.39 is 33.9 Å². The summed E-state index contributed by atoms with van der Waals surface area (Å²) >= 11 is 6.06. The highest BCUT2D eigenvalue weighted by molar-refractivity contribution is 6.30. The Morgan fingerprint density at radius 3 is 2.81 bits per heavy atom. The lowest BCUT2D eigenvalue weighted by Crippen LogP contribution is -2.42. The van der Waals surface area contributed by atoms with Crippen LogP contribution >= 0.6 is 11.6 Å². The molecule has 1 aliphatic carbocycles. The molecule has 1 aromatic carbocycles. The Balaban J connectivity index is 2.21. The average molecular weight is 394 g/mol. The number of benzene rings is 1. The number of aryl methyl sites for hydroxylation is 1. The number of rotatable bonds is 4. The first-order valence-corrected chi connectivity index (χ1v) is 8.47. The molecule has 1 aliphatic rings. The molecule has 10 heteroatoms. The third-order valence-electron chi connectivity index (χ3n) is 4.79. The van der Waals surface area contributed by atoms with E-state index in [1.807, 2.05) is 0 Å². The Morgan fingerprint density at radius 2 is 2.15 bits per heavy atom. The van der Waals surface area contributed by atoms with E-state index in [1.165, 1.54) is 7.11 Å². The zero-order chi connectivity index (χ0) is 19.8. The van der Waals surface area contributed by atoms with Gasteiger partial charge in [-0.05, 0) is 42.5 Å². The molecule has 0 bridgehead atoms. The minimum Gasteiger partial charge on any atom is -0.488 e. The molecule has 0 saturated carbocycles. The van der Waals surface area contributed by atoms with Crippen LogP contribution in [-0.4, -0.2) is 38.2 Å². The number of hydrogen-bond acceptors (Lipinski definition) is 8. The van der Waals surface area contributed by atoms with Crippen molar-refractivity contribution in [3.05, 3.63) is 50.2 Å². The highest BCUT2D eigenvalue weighted by Gasteiger charge is 2.47. The molecule has 0 saturated heterocycles. The van der Waals surface area contributed by atoms with Crippen molar-refractivity contribution in [1.82, 2.24) is 9.97 Å². The lowest BCUT2D eigenvalue weighted by Gasteiger charge is -2.36. The first-order chi connectivity index (χ1) is 12.8. The Morgan fingerprint density at radius 1 is 1.41 bits per heavy atom. The molecule has 142 valence electrons. The van der Waals surface area contributed by atoms with Gasteiger partial charge in [0.05, 0.1) is 17.4 Å². The molecule has 0 fully saturated rings. The van der Waals surface area contributed by atoms with Crippen LogP contribution in [0.3, 0.4) is 0 Å². The number of carbonyl (C=O) groups excluding carboxylic acids is 1. The smallest absolute Gasteiger partial charge is 0.352 e. The van der Waals surface area contributed by atoms with Crippen LogP contribution in [0.2, 0.25) is 5.02 Å². The zero-order valence-corrected chi connectivity index (χ0v) is 15.1. The third-order valence-corrected chi connectivity index (χ3v) is 5.02. The maximum Gasteiger partial charge on any atom is 0.352 e. The first-order valence-electron chi connectivity index (χ1n) is 8.09. The van der Waals surface area contributed by atoms with Crippen molar-refractivity contribution in [2.45, 2.75) is 31.1 Å². The number of halogens is 1. The van der Waals surface area contributed by atoms with Gasteiger partial charge in [-0.3, -0.25) is 14.9 Å². The van der Waals surface area contributed by atoms with Gasteiger partial charge in [-0.25, -0.2) is 0 Å². The topological polar surface area (TPSA) is 136 Å². The lowest BCUT2D eigenvalue weighted by atomic mass is 9.67. The zero-order valence-electron chi connectivity index (χ0n) is 14.3. The van der Waals surface area contributed by atoms with Crippen LogP contribution in [0.15, 0.2) is 18.2 Å². The quantitative estimate of drug-likeness (QED) is 0.459. The van der Waals surface area contributed by atoms with Crippen LogP contribution in [0.4, 0.5) is 5.69 Å². The molecular formula is C17H16ClN3O6. The van der Waals surface area contributed by atoms with Gasteiger partial charge in [0.1, 0.15) is 5.69 Å². The minimum absolute atomic E-state index is 0.242. The van der Waals surface area contributed by atoms with Gasteiger partial charge < -0.3 is 14.9 Å². The molecule has 27 heavy (non-hydrogen) atoms. The normalized spacial score (nSPS) is 18.6. The van der Waals surface area contributed by atoms with Gasteiger partial charge in [0, 0.05) is 11.4 Å². The molecule has 0 amide bonds. The number of fused-ring (bicyclic) bond motifs is 1. The highest BCUT2D eigenvalue weighted by atomic mass is 35.5. The fraction of sp³-hybridized carbons (Fsp3) is 0.353. The van der Waals surface area contributed by atoms with Gasteiger partial charge in [-0.2, -0.15) is 9.97 Å². The Hall–Kier alpha value is -2.94. The molecule has 3 rings (SSSR count). The number of nitrogens with zero attached hydrogens (tertiary/aromatic N) is 3. The van der Waals surface area contributed by atoms with Gasteiger partial charge >= 0.3 is 17.7 Å². The van der Waals surface area contributed by atoms with Gasteiger partial charge in [-0.15, -0.1) is 0 Å². The van der Waals surface area contributed by atoms with E-state index >= 15 is 0 Å². The Kier molecular flexibility index (Phi) is 4.88. The van der Waals surface area contributed by atoms with Gasteiger partial charge in [0.25, 0.3) is 5.88 Å². The van der Waals surface area contributed by atoms with Crippen LogP contribution in [0.25, 0.3) is 0 Å². The predicted molar refractivity (Wildman–Crippen MR) is 93.8 cm³/mol. The monoisotopic (exact) mass is 393 g/mol. The maximum atomic E-state index is 12.8. The molecule has 1 unspecified atom stereocenters. The molecular weight excluding hydrogens is 378 g/mol. The van der Waals surface area contributed by atoms with E-state index in [1.54, 1.807) is 18.2 Å². The van der Waals surface area contributed by atoms with E-state index in [-0.39, 0.29) is 12.1 Å². The fourth-order valence-electron chi connectivity index (χ4n) is 3.69. The number of aromatic hydroxyl groups is 2. The summed E-state index contributed by atoms with van der Waals surface area (Å²) < 4.78 is 5.00. The van der Waals surface area contributed by atoms with E-state index in [0.717, 1.165) is 5.56 Å². The second kappa shape index (κ2) is 6.99. The molecule has 1 atom stereocenters. The second-order valence-corrected chi connectivity index (χ2v) is 6.74. The molecule has 0 spiro atoms. The van der Waals surface area contributed by atoms with E-state index in [4.69, 9.17) is 16.3 Å². The van der Waals surface area contributed by atoms with Crippen molar-refractivity contribution in [3.8, 4) is 11.9 Å². The molecule has 1 heterocycles. The highest BCUT2D eigenvalue weighted by Crippen LogP contribution is 2.44. The van der Waals surface area contributed by atoms with Crippen molar-refractivity contribution < 1.29 is 24.7 Å². The van der Waals surface area contributed by atoms with E-state index in [9.17, 15) is 25.1 Å². The van der Waals surface area contributed by atoms with Crippen LogP contribution < -0.4 is 0 Å². The standard InChI is InChI=1S/C17H16ClN3O6/c1-27-15(23)17(6-2-3-9-7-10(18)4-5-11(9)17)8-12-13(21(25)26)14(22)20-16(24)19-12/h4-5,7H,2-3,6,8H2,1H3,(H2,19,20,22,24). The average Bonchev–Trinajstić information content (AvgIpc) is 2.59.